The van der Waals surface area contributed by atoms with E-state index in [1.54, 1.807) is 6.07 Å². The Bertz CT molecular complexity index is 887. The van der Waals surface area contributed by atoms with Gasteiger partial charge in [0.2, 0.25) is 5.95 Å². The van der Waals surface area contributed by atoms with Crippen LogP contribution in [-0.2, 0) is 6.42 Å². The van der Waals surface area contributed by atoms with Gasteiger partial charge in [0.25, 0.3) is 5.91 Å². The summed E-state index contributed by atoms with van der Waals surface area (Å²) in [5.74, 6) is 0.342. The predicted molar refractivity (Wildman–Crippen MR) is 105 cm³/mol. The van der Waals surface area contributed by atoms with E-state index in [0.717, 1.165) is 37.0 Å². The number of amides is 1. The third-order valence-electron chi connectivity index (χ3n) is 4.26. The summed E-state index contributed by atoms with van der Waals surface area (Å²) in [6.07, 6.45) is 4.91. The summed E-state index contributed by atoms with van der Waals surface area (Å²) in [6.45, 7) is 5.37. The fraction of sp³-hybridized carbons (Fsp3) is 0.350. The van der Waals surface area contributed by atoms with Crippen LogP contribution in [0.25, 0.3) is 10.9 Å². The zero-order chi connectivity index (χ0) is 18.4. The molecule has 0 aliphatic rings. The lowest BCUT2D eigenvalue weighted by atomic mass is 10.1. The van der Waals surface area contributed by atoms with Crippen molar-refractivity contribution in [2.75, 3.05) is 18.4 Å². The molecule has 0 saturated heterocycles. The van der Waals surface area contributed by atoms with Gasteiger partial charge in [0.1, 0.15) is 5.69 Å². The zero-order valence-electron chi connectivity index (χ0n) is 15.3. The molecule has 26 heavy (non-hydrogen) atoms. The fourth-order valence-corrected chi connectivity index (χ4v) is 2.88. The number of nitrogens with zero attached hydrogens (tertiary/aromatic N) is 2. The number of para-hydroxylation sites is 1. The lowest BCUT2D eigenvalue weighted by molar-refractivity contribution is 0.0949. The smallest absolute Gasteiger partial charge is 0.270 e. The van der Waals surface area contributed by atoms with Crippen molar-refractivity contribution in [1.29, 1.82) is 0 Å². The number of nitrogens with one attached hydrogen (secondary N) is 3. The Hall–Kier alpha value is -2.89. The molecule has 2 aromatic heterocycles. The molecule has 0 spiro atoms. The molecule has 3 rings (SSSR count). The van der Waals surface area contributed by atoms with Gasteiger partial charge in [0.15, 0.2) is 0 Å². The molecular formula is C20H25N5O. The first-order valence-corrected chi connectivity index (χ1v) is 9.10. The number of benzene rings is 1. The third-order valence-corrected chi connectivity index (χ3v) is 4.26. The van der Waals surface area contributed by atoms with Crippen molar-refractivity contribution < 1.29 is 4.79 Å². The van der Waals surface area contributed by atoms with Crippen LogP contribution in [0, 0.1) is 6.92 Å². The van der Waals surface area contributed by atoms with Gasteiger partial charge in [0.05, 0.1) is 0 Å². The van der Waals surface area contributed by atoms with Gasteiger partial charge in [-0.05, 0) is 37.5 Å². The number of aryl methyl sites for hydroxylation is 1. The maximum Gasteiger partial charge on any atom is 0.270 e. The topological polar surface area (TPSA) is 82.7 Å². The Labute approximate surface area is 153 Å². The maximum atomic E-state index is 12.4. The molecule has 136 valence electrons. The number of carbonyl (C=O) groups excluding carboxylic acids is 1. The van der Waals surface area contributed by atoms with E-state index in [1.807, 2.05) is 31.3 Å². The van der Waals surface area contributed by atoms with Gasteiger partial charge in [-0.25, -0.2) is 9.97 Å². The number of hydrogen-bond acceptors (Lipinski definition) is 4. The standard InChI is InChI=1S/C20H25N5O/c1-3-4-10-22-20-24-14(2)12-18(25-20)19(26)21-11-9-15-13-23-17-8-6-5-7-16(15)17/h5-8,12-13,23H,3-4,9-11H2,1-2H3,(H,21,26)(H,22,24,25). The molecule has 0 aliphatic carbocycles. The average Bonchev–Trinajstić information content (AvgIpc) is 3.05. The molecule has 1 amide bonds. The molecule has 0 fully saturated rings. The van der Waals surface area contributed by atoms with Crippen LogP contribution < -0.4 is 10.6 Å². The molecule has 0 aliphatic heterocycles. The number of aromatic nitrogens is 3. The number of rotatable bonds is 8. The second kappa shape index (κ2) is 8.47. The summed E-state index contributed by atoms with van der Waals surface area (Å²) < 4.78 is 0. The van der Waals surface area contributed by atoms with E-state index in [9.17, 15) is 4.79 Å². The lowest BCUT2D eigenvalue weighted by Gasteiger charge is -2.08. The van der Waals surface area contributed by atoms with Crippen LogP contribution in [0.1, 0.15) is 41.5 Å². The highest BCUT2D eigenvalue weighted by Gasteiger charge is 2.11. The van der Waals surface area contributed by atoms with Crippen LogP contribution in [0.15, 0.2) is 36.5 Å². The summed E-state index contributed by atoms with van der Waals surface area (Å²) >= 11 is 0. The Balaban J connectivity index is 1.59. The lowest BCUT2D eigenvalue weighted by Crippen LogP contribution is -2.27. The van der Waals surface area contributed by atoms with Crippen molar-refractivity contribution in [2.45, 2.75) is 33.1 Å². The fourth-order valence-electron chi connectivity index (χ4n) is 2.88. The summed E-state index contributed by atoms with van der Waals surface area (Å²) in [5.41, 5.74) is 3.49. The van der Waals surface area contributed by atoms with Crippen molar-refractivity contribution in [2.24, 2.45) is 0 Å². The molecule has 6 heteroatoms. The largest absolute Gasteiger partial charge is 0.361 e. The van der Waals surface area contributed by atoms with Crippen LogP contribution in [0.5, 0.6) is 0 Å². The third kappa shape index (κ3) is 4.39. The van der Waals surface area contributed by atoms with Crippen LogP contribution in [0.4, 0.5) is 5.95 Å². The summed E-state index contributed by atoms with van der Waals surface area (Å²) in [6, 6.07) is 9.88. The molecule has 0 radical (unpaired) electrons. The number of fused-ring (bicyclic) bond motifs is 1. The molecule has 3 aromatic rings. The first-order valence-electron chi connectivity index (χ1n) is 9.10. The number of anilines is 1. The molecular weight excluding hydrogens is 326 g/mol. The zero-order valence-corrected chi connectivity index (χ0v) is 15.3. The minimum Gasteiger partial charge on any atom is -0.361 e. The van der Waals surface area contributed by atoms with E-state index >= 15 is 0 Å². The monoisotopic (exact) mass is 351 g/mol. The molecule has 0 saturated carbocycles. The minimum absolute atomic E-state index is 0.172. The highest BCUT2D eigenvalue weighted by molar-refractivity contribution is 5.92. The SMILES string of the molecule is CCCCNc1nc(C)cc(C(=O)NCCc2c[nH]c3ccccc23)n1. The quantitative estimate of drug-likeness (QED) is 0.543. The minimum atomic E-state index is -0.172. The van der Waals surface area contributed by atoms with E-state index in [1.165, 1.54) is 10.9 Å². The summed E-state index contributed by atoms with van der Waals surface area (Å²) in [5, 5.41) is 7.32. The molecule has 3 N–H and O–H groups in total. The molecule has 0 bridgehead atoms. The molecule has 0 unspecified atom stereocenters. The first-order chi connectivity index (χ1) is 12.7. The maximum absolute atomic E-state index is 12.4. The number of aromatic amines is 1. The van der Waals surface area contributed by atoms with Crippen molar-refractivity contribution in [3.8, 4) is 0 Å². The van der Waals surface area contributed by atoms with Crippen LogP contribution >= 0.6 is 0 Å². The van der Waals surface area contributed by atoms with Crippen molar-refractivity contribution in [3.05, 3.63) is 53.5 Å². The Kier molecular flexibility index (Phi) is 5.84. The van der Waals surface area contributed by atoms with Gasteiger partial charge in [-0.2, -0.15) is 0 Å². The summed E-state index contributed by atoms with van der Waals surface area (Å²) in [4.78, 5) is 24.4. The van der Waals surface area contributed by atoms with E-state index in [2.05, 4.69) is 38.6 Å². The molecule has 2 heterocycles. The van der Waals surface area contributed by atoms with Gasteiger partial charge in [0, 0.05) is 35.9 Å². The average molecular weight is 351 g/mol. The normalized spacial score (nSPS) is 10.8. The van der Waals surface area contributed by atoms with E-state index < -0.39 is 0 Å². The Morgan fingerprint density at radius 2 is 2.04 bits per heavy atom. The molecule has 1 aromatic carbocycles. The van der Waals surface area contributed by atoms with Crippen LogP contribution in [-0.4, -0.2) is 33.9 Å². The van der Waals surface area contributed by atoms with Gasteiger partial charge < -0.3 is 15.6 Å². The van der Waals surface area contributed by atoms with E-state index in [0.29, 0.717) is 18.2 Å². The van der Waals surface area contributed by atoms with Gasteiger partial charge >= 0.3 is 0 Å². The van der Waals surface area contributed by atoms with Crippen LogP contribution in [0.2, 0.25) is 0 Å². The second-order valence-corrected chi connectivity index (χ2v) is 6.36. The van der Waals surface area contributed by atoms with Crippen molar-refractivity contribution in [3.63, 3.8) is 0 Å². The van der Waals surface area contributed by atoms with E-state index in [-0.39, 0.29) is 5.91 Å². The number of carbonyl (C=O) groups is 1. The van der Waals surface area contributed by atoms with Gasteiger partial charge in [-0.1, -0.05) is 31.5 Å². The number of unbranched alkanes of at least 4 members (excludes halogenated alkanes) is 1. The van der Waals surface area contributed by atoms with Gasteiger partial charge in [-0.3, -0.25) is 4.79 Å². The summed E-state index contributed by atoms with van der Waals surface area (Å²) in [7, 11) is 0. The molecule has 0 atom stereocenters. The first kappa shape index (κ1) is 17.9. The number of hydrogen-bond donors (Lipinski definition) is 3. The van der Waals surface area contributed by atoms with Crippen molar-refractivity contribution in [1.82, 2.24) is 20.3 Å². The number of H-pyrrole nitrogens is 1. The molecule has 6 nitrogen and oxygen atoms in total. The van der Waals surface area contributed by atoms with Gasteiger partial charge in [-0.15, -0.1) is 0 Å². The predicted octanol–water partition coefficient (Wildman–Crippen LogP) is 3.45. The van der Waals surface area contributed by atoms with E-state index in [4.69, 9.17) is 0 Å². The highest BCUT2D eigenvalue weighted by atomic mass is 16.1. The van der Waals surface area contributed by atoms with Crippen molar-refractivity contribution >= 4 is 22.8 Å². The second-order valence-electron chi connectivity index (χ2n) is 6.36. The Morgan fingerprint density at radius 3 is 2.88 bits per heavy atom. The van der Waals surface area contributed by atoms with Crippen LogP contribution in [0.3, 0.4) is 0 Å². The Morgan fingerprint density at radius 1 is 1.19 bits per heavy atom. The highest BCUT2D eigenvalue weighted by Crippen LogP contribution is 2.17.